The summed E-state index contributed by atoms with van der Waals surface area (Å²) in [6, 6.07) is 14.9. The summed E-state index contributed by atoms with van der Waals surface area (Å²) >= 11 is 0. The minimum absolute atomic E-state index is 0.0476. The van der Waals surface area contributed by atoms with Gasteiger partial charge in [0.25, 0.3) is 0 Å². The van der Waals surface area contributed by atoms with E-state index >= 15 is 0 Å². The number of carboxylic acids is 2. The summed E-state index contributed by atoms with van der Waals surface area (Å²) in [5.41, 5.74) is 2.85. The molecule has 3 aromatic rings. The highest BCUT2D eigenvalue weighted by atomic mass is 16.5. The second-order valence-electron chi connectivity index (χ2n) is 11.9. The second-order valence-corrected chi connectivity index (χ2v) is 11.9. The maximum Gasteiger partial charge on any atom is 0.336 e. The molecule has 10 nitrogen and oxygen atoms in total. The standard InChI is InChI=1S/C35H45N3O7/c1-3-4-11-31-37-28(21-36-34(43)35(16-7-8-17-35)20-27(32(39)40)24-45-19-18-44-2)23-38(31)22-25-12-14-26(15-13-25)29-9-5-6-10-30(29)33(41)42/h5-6,9-10,12-15,23,27H,3-4,7-8,11,16-22,24H2,1-2H3,(H,36,43)(H,39,40)(H,41,42). The first-order valence-corrected chi connectivity index (χ1v) is 15.8. The lowest BCUT2D eigenvalue weighted by atomic mass is 9.77. The number of benzene rings is 2. The first kappa shape index (κ1) is 33.9. The number of ether oxygens (including phenoxy) is 2. The predicted octanol–water partition coefficient (Wildman–Crippen LogP) is 5.57. The highest BCUT2D eigenvalue weighted by Gasteiger charge is 2.44. The van der Waals surface area contributed by atoms with Gasteiger partial charge >= 0.3 is 11.9 Å². The van der Waals surface area contributed by atoms with Crippen LogP contribution in [0.2, 0.25) is 0 Å². The van der Waals surface area contributed by atoms with E-state index in [9.17, 15) is 24.6 Å². The van der Waals surface area contributed by atoms with Gasteiger partial charge in [-0.3, -0.25) is 9.59 Å². The Labute approximate surface area is 264 Å². The van der Waals surface area contributed by atoms with Crippen molar-refractivity contribution in [2.75, 3.05) is 26.9 Å². The van der Waals surface area contributed by atoms with Crippen LogP contribution in [0.15, 0.2) is 54.7 Å². The van der Waals surface area contributed by atoms with E-state index in [2.05, 4.69) is 16.8 Å². The number of rotatable bonds is 18. The molecule has 0 aliphatic heterocycles. The monoisotopic (exact) mass is 619 g/mol. The molecular formula is C35H45N3O7. The first-order chi connectivity index (χ1) is 21.8. The summed E-state index contributed by atoms with van der Waals surface area (Å²) in [4.78, 5) is 42.2. The molecule has 1 aliphatic rings. The summed E-state index contributed by atoms with van der Waals surface area (Å²) in [5, 5.41) is 22.5. The van der Waals surface area contributed by atoms with Crippen molar-refractivity contribution in [1.82, 2.24) is 14.9 Å². The average molecular weight is 620 g/mol. The highest BCUT2D eigenvalue weighted by molar-refractivity contribution is 5.96. The van der Waals surface area contributed by atoms with Gasteiger partial charge in [-0.25, -0.2) is 9.78 Å². The van der Waals surface area contributed by atoms with Crippen LogP contribution in [0, 0.1) is 11.3 Å². The van der Waals surface area contributed by atoms with Gasteiger partial charge in [0.05, 0.1) is 49.0 Å². The molecule has 2 aromatic carbocycles. The molecule has 1 heterocycles. The summed E-state index contributed by atoms with van der Waals surface area (Å²) < 4.78 is 12.6. The molecular weight excluding hydrogens is 574 g/mol. The van der Waals surface area contributed by atoms with Crippen LogP contribution in [-0.2, 0) is 38.6 Å². The van der Waals surface area contributed by atoms with Crippen LogP contribution < -0.4 is 5.32 Å². The number of methoxy groups -OCH3 is 1. The average Bonchev–Trinajstić information content (AvgIpc) is 3.68. The Morgan fingerprint density at radius 3 is 2.44 bits per heavy atom. The van der Waals surface area contributed by atoms with Crippen LogP contribution >= 0.6 is 0 Å². The quantitative estimate of drug-likeness (QED) is 0.157. The molecule has 1 unspecified atom stereocenters. The van der Waals surface area contributed by atoms with Crippen molar-refractivity contribution in [3.8, 4) is 11.1 Å². The van der Waals surface area contributed by atoms with E-state index in [1.54, 1.807) is 19.2 Å². The Balaban J connectivity index is 1.45. The molecule has 1 aromatic heterocycles. The molecule has 1 fully saturated rings. The van der Waals surface area contributed by atoms with E-state index < -0.39 is 23.3 Å². The zero-order chi connectivity index (χ0) is 32.2. The highest BCUT2D eigenvalue weighted by Crippen LogP contribution is 2.43. The molecule has 10 heteroatoms. The fourth-order valence-corrected chi connectivity index (χ4v) is 6.17. The molecule has 1 aliphatic carbocycles. The Kier molecular flexibility index (Phi) is 12.3. The van der Waals surface area contributed by atoms with Crippen LogP contribution in [0.4, 0.5) is 0 Å². The van der Waals surface area contributed by atoms with Gasteiger partial charge in [0, 0.05) is 26.3 Å². The zero-order valence-corrected chi connectivity index (χ0v) is 26.3. The molecule has 242 valence electrons. The summed E-state index contributed by atoms with van der Waals surface area (Å²) in [7, 11) is 1.56. The lowest BCUT2D eigenvalue weighted by Gasteiger charge is -2.30. The number of aromatic carboxylic acids is 1. The normalized spacial score (nSPS) is 14.7. The number of nitrogens with zero attached hydrogens (tertiary/aromatic N) is 2. The van der Waals surface area contributed by atoms with E-state index in [1.807, 2.05) is 42.6 Å². The number of aromatic nitrogens is 2. The predicted molar refractivity (Wildman–Crippen MR) is 170 cm³/mol. The van der Waals surface area contributed by atoms with Crippen LogP contribution in [0.3, 0.4) is 0 Å². The fourth-order valence-electron chi connectivity index (χ4n) is 6.17. The Morgan fingerprint density at radius 1 is 1.04 bits per heavy atom. The topological polar surface area (TPSA) is 140 Å². The summed E-state index contributed by atoms with van der Waals surface area (Å²) in [6.07, 6.45) is 8.13. The molecule has 45 heavy (non-hydrogen) atoms. The Morgan fingerprint density at radius 2 is 1.78 bits per heavy atom. The lowest BCUT2D eigenvalue weighted by Crippen LogP contribution is -2.42. The van der Waals surface area contributed by atoms with E-state index in [1.165, 1.54) is 0 Å². The van der Waals surface area contributed by atoms with Gasteiger partial charge in [-0.1, -0.05) is 68.7 Å². The molecule has 4 rings (SSSR count). The first-order valence-electron chi connectivity index (χ1n) is 15.8. The van der Waals surface area contributed by atoms with Crippen molar-refractivity contribution in [2.45, 2.75) is 71.4 Å². The lowest BCUT2D eigenvalue weighted by molar-refractivity contribution is -0.147. The third kappa shape index (κ3) is 9.02. The van der Waals surface area contributed by atoms with Gasteiger partial charge in [0.15, 0.2) is 0 Å². The van der Waals surface area contributed by atoms with Crippen LogP contribution in [0.25, 0.3) is 11.1 Å². The third-order valence-electron chi connectivity index (χ3n) is 8.65. The van der Waals surface area contributed by atoms with Crippen molar-refractivity contribution < 1.29 is 34.1 Å². The number of aliphatic carboxylic acids is 1. The maximum absolute atomic E-state index is 13.6. The molecule has 1 atom stereocenters. The van der Waals surface area contributed by atoms with Crippen LogP contribution in [-0.4, -0.2) is 64.5 Å². The van der Waals surface area contributed by atoms with Crippen molar-refractivity contribution in [2.24, 2.45) is 11.3 Å². The van der Waals surface area contributed by atoms with Gasteiger partial charge in [0.2, 0.25) is 5.91 Å². The van der Waals surface area contributed by atoms with Crippen molar-refractivity contribution in [3.63, 3.8) is 0 Å². The van der Waals surface area contributed by atoms with E-state index in [-0.39, 0.29) is 31.0 Å². The summed E-state index contributed by atoms with van der Waals surface area (Å²) in [5.74, 6) is -1.86. The molecule has 0 radical (unpaired) electrons. The summed E-state index contributed by atoms with van der Waals surface area (Å²) in [6.45, 7) is 3.73. The number of imidazole rings is 1. The van der Waals surface area contributed by atoms with E-state index in [0.29, 0.717) is 38.2 Å². The molecule has 1 amide bonds. The molecule has 1 saturated carbocycles. The molecule has 0 bridgehead atoms. The maximum atomic E-state index is 13.6. The Bertz CT molecular complexity index is 1430. The van der Waals surface area contributed by atoms with E-state index in [4.69, 9.17) is 14.5 Å². The number of carboxylic acid groups (broad SMARTS) is 2. The van der Waals surface area contributed by atoms with Gasteiger partial charge in [-0.15, -0.1) is 0 Å². The van der Waals surface area contributed by atoms with Gasteiger partial charge < -0.3 is 29.6 Å². The largest absolute Gasteiger partial charge is 0.481 e. The number of hydrogen-bond acceptors (Lipinski definition) is 6. The Hall–Kier alpha value is -4.02. The number of unbranched alkanes of at least 4 members (excludes halogenated alkanes) is 1. The number of aryl methyl sites for hydroxylation is 1. The number of hydrogen-bond donors (Lipinski definition) is 3. The second kappa shape index (κ2) is 16.3. The number of nitrogens with one attached hydrogen (secondary N) is 1. The van der Waals surface area contributed by atoms with E-state index in [0.717, 1.165) is 54.7 Å². The SMILES string of the molecule is CCCCc1nc(CNC(=O)C2(CC(COCCOC)C(=O)O)CCCC2)cn1Cc1ccc(-c2ccccc2C(=O)O)cc1. The van der Waals surface area contributed by atoms with Gasteiger partial charge in [0.1, 0.15) is 5.82 Å². The fraction of sp³-hybridized carbons (Fsp3) is 0.486. The number of amides is 1. The third-order valence-corrected chi connectivity index (χ3v) is 8.65. The molecule has 0 spiro atoms. The molecule has 0 saturated heterocycles. The smallest absolute Gasteiger partial charge is 0.336 e. The van der Waals surface area contributed by atoms with Crippen molar-refractivity contribution in [3.05, 3.63) is 77.4 Å². The number of carbonyl (C=O) groups is 3. The minimum Gasteiger partial charge on any atom is -0.481 e. The van der Waals surface area contributed by atoms with Gasteiger partial charge in [-0.05, 0) is 48.4 Å². The molecule has 3 N–H and O–H groups in total. The van der Waals surface area contributed by atoms with Crippen molar-refractivity contribution >= 4 is 17.8 Å². The number of carbonyl (C=O) groups excluding carboxylic acids is 1. The van der Waals surface area contributed by atoms with Crippen LogP contribution in [0.5, 0.6) is 0 Å². The van der Waals surface area contributed by atoms with Crippen LogP contribution in [0.1, 0.15) is 79.3 Å². The minimum atomic E-state index is -0.958. The van der Waals surface area contributed by atoms with Crippen molar-refractivity contribution in [1.29, 1.82) is 0 Å². The van der Waals surface area contributed by atoms with Gasteiger partial charge in [-0.2, -0.15) is 0 Å². The zero-order valence-electron chi connectivity index (χ0n) is 26.3.